The number of methoxy groups -OCH3 is 1. The van der Waals surface area contributed by atoms with Gasteiger partial charge in [0.25, 0.3) is 0 Å². The van der Waals surface area contributed by atoms with Crippen LogP contribution in [0.15, 0.2) is 54.7 Å². The van der Waals surface area contributed by atoms with Crippen molar-refractivity contribution in [1.82, 2.24) is 4.57 Å². The van der Waals surface area contributed by atoms with E-state index >= 15 is 0 Å². The summed E-state index contributed by atoms with van der Waals surface area (Å²) in [6, 6.07) is 14.2. The number of rotatable bonds is 4. The third kappa shape index (κ3) is 4.16. The molecule has 0 aliphatic rings. The molecule has 148 valence electrons. The Morgan fingerprint density at radius 3 is 2.10 bits per heavy atom. The van der Waals surface area contributed by atoms with Crippen molar-refractivity contribution in [2.75, 3.05) is 12.8 Å². The monoisotopic (exact) mass is 401 g/mol. The molecule has 0 bridgehead atoms. The zero-order valence-electron chi connectivity index (χ0n) is 15.0. The largest absolute Gasteiger partial charge is 0.573 e. The van der Waals surface area contributed by atoms with Gasteiger partial charge in [-0.2, -0.15) is 5.26 Å². The standard InChI is InChI=1S/C20H14F3N3O3/c1-28-19(27)18-17(25)14(10-24)11-26(18)15-6-2-12(3-7-15)13-4-8-16(9-5-13)29-20(21,22)23/h2-9,11H,25H2,1H3. The van der Waals surface area contributed by atoms with Crippen LogP contribution >= 0.6 is 0 Å². The Balaban J connectivity index is 1.92. The molecule has 3 aromatic rings. The fraction of sp³-hybridized carbons (Fsp3) is 0.100. The van der Waals surface area contributed by atoms with Crippen LogP contribution in [0.1, 0.15) is 16.1 Å². The Morgan fingerprint density at radius 1 is 1.07 bits per heavy atom. The highest BCUT2D eigenvalue weighted by molar-refractivity contribution is 5.96. The van der Waals surface area contributed by atoms with E-state index in [1.165, 1.54) is 42.1 Å². The van der Waals surface area contributed by atoms with E-state index in [0.29, 0.717) is 11.3 Å². The molecule has 0 radical (unpaired) electrons. The predicted octanol–water partition coefficient (Wildman–Crippen LogP) is 4.28. The third-order valence-corrected chi connectivity index (χ3v) is 4.11. The van der Waals surface area contributed by atoms with Crippen molar-refractivity contribution < 1.29 is 27.4 Å². The van der Waals surface area contributed by atoms with Crippen LogP contribution in [-0.4, -0.2) is 24.0 Å². The first-order valence-corrected chi connectivity index (χ1v) is 8.19. The maximum absolute atomic E-state index is 12.3. The van der Waals surface area contributed by atoms with Gasteiger partial charge in [-0.1, -0.05) is 24.3 Å². The number of alkyl halides is 3. The van der Waals surface area contributed by atoms with Crippen LogP contribution in [0.5, 0.6) is 5.75 Å². The van der Waals surface area contributed by atoms with Crippen molar-refractivity contribution in [1.29, 1.82) is 5.26 Å². The number of nitrogens with zero attached hydrogens (tertiary/aromatic N) is 2. The van der Waals surface area contributed by atoms with E-state index in [1.807, 2.05) is 6.07 Å². The van der Waals surface area contributed by atoms with Crippen molar-refractivity contribution in [3.63, 3.8) is 0 Å². The second-order valence-corrected chi connectivity index (χ2v) is 5.90. The molecular formula is C20H14F3N3O3. The average Bonchev–Trinajstić information content (AvgIpc) is 3.03. The topological polar surface area (TPSA) is 90.3 Å². The number of hydrogen-bond acceptors (Lipinski definition) is 5. The number of ether oxygens (including phenoxy) is 2. The fourth-order valence-electron chi connectivity index (χ4n) is 2.78. The van der Waals surface area contributed by atoms with Gasteiger partial charge in [-0.05, 0) is 35.4 Å². The second kappa shape index (κ2) is 7.59. The third-order valence-electron chi connectivity index (χ3n) is 4.11. The van der Waals surface area contributed by atoms with Gasteiger partial charge in [0.2, 0.25) is 0 Å². The molecule has 0 atom stereocenters. The Morgan fingerprint density at radius 2 is 1.62 bits per heavy atom. The van der Waals surface area contributed by atoms with Crippen LogP contribution in [0.3, 0.4) is 0 Å². The summed E-state index contributed by atoms with van der Waals surface area (Å²) in [4.78, 5) is 12.1. The van der Waals surface area contributed by atoms with E-state index in [2.05, 4.69) is 4.74 Å². The number of nitriles is 1. The molecule has 0 aliphatic carbocycles. The first-order valence-electron chi connectivity index (χ1n) is 8.19. The highest BCUT2D eigenvalue weighted by atomic mass is 19.4. The smallest absolute Gasteiger partial charge is 0.464 e. The number of esters is 1. The molecule has 6 nitrogen and oxygen atoms in total. The summed E-state index contributed by atoms with van der Waals surface area (Å²) in [6.45, 7) is 0. The SMILES string of the molecule is COC(=O)c1c(N)c(C#N)cn1-c1ccc(-c2ccc(OC(F)(F)F)cc2)cc1. The molecule has 0 amide bonds. The molecule has 0 saturated heterocycles. The summed E-state index contributed by atoms with van der Waals surface area (Å²) < 4.78 is 46.8. The fourth-order valence-corrected chi connectivity index (χ4v) is 2.78. The van der Waals surface area contributed by atoms with Gasteiger partial charge in [-0.3, -0.25) is 0 Å². The van der Waals surface area contributed by atoms with Crippen LogP contribution in [0, 0.1) is 11.3 Å². The van der Waals surface area contributed by atoms with Crippen molar-refractivity contribution >= 4 is 11.7 Å². The van der Waals surface area contributed by atoms with Gasteiger partial charge in [0, 0.05) is 11.9 Å². The lowest BCUT2D eigenvalue weighted by Crippen LogP contribution is -2.16. The maximum atomic E-state index is 12.3. The number of carbonyl (C=O) groups excluding carboxylic acids is 1. The van der Waals surface area contributed by atoms with E-state index in [1.54, 1.807) is 24.3 Å². The van der Waals surface area contributed by atoms with Gasteiger partial charge in [-0.25, -0.2) is 4.79 Å². The molecule has 0 unspecified atom stereocenters. The highest BCUT2D eigenvalue weighted by Crippen LogP contribution is 2.29. The maximum Gasteiger partial charge on any atom is 0.573 e. The summed E-state index contributed by atoms with van der Waals surface area (Å²) in [7, 11) is 1.21. The molecular weight excluding hydrogens is 387 g/mol. The number of benzene rings is 2. The van der Waals surface area contributed by atoms with Gasteiger partial charge in [-0.15, -0.1) is 13.2 Å². The van der Waals surface area contributed by atoms with Gasteiger partial charge in [0.1, 0.15) is 11.8 Å². The molecule has 2 aromatic carbocycles. The van der Waals surface area contributed by atoms with E-state index < -0.39 is 12.3 Å². The molecule has 9 heteroatoms. The van der Waals surface area contributed by atoms with E-state index in [4.69, 9.17) is 15.7 Å². The number of hydrogen-bond donors (Lipinski definition) is 1. The van der Waals surface area contributed by atoms with Crippen LogP contribution in [0.25, 0.3) is 16.8 Å². The van der Waals surface area contributed by atoms with Crippen molar-refractivity contribution in [3.05, 3.63) is 66.0 Å². The van der Waals surface area contributed by atoms with Gasteiger partial charge in [0.15, 0.2) is 5.69 Å². The summed E-state index contributed by atoms with van der Waals surface area (Å²) in [5.41, 5.74) is 8.01. The van der Waals surface area contributed by atoms with E-state index in [9.17, 15) is 18.0 Å². The minimum Gasteiger partial charge on any atom is -0.464 e. The van der Waals surface area contributed by atoms with Gasteiger partial charge < -0.3 is 19.8 Å². The molecule has 29 heavy (non-hydrogen) atoms. The molecule has 3 rings (SSSR count). The number of aromatic nitrogens is 1. The van der Waals surface area contributed by atoms with Gasteiger partial charge >= 0.3 is 12.3 Å². The Kier molecular flexibility index (Phi) is 5.19. The van der Waals surface area contributed by atoms with Gasteiger partial charge in [0.05, 0.1) is 18.4 Å². The number of nitrogens with two attached hydrogens (primary N) is 1. The Bertz CT molecular complexity index is 1080. The highest BCUT2D eigenvalue weighted by Gasteiger charge is 2.31. The minimum absolute atomic E-state index is 0.0173. The molecule has 0 spiro atoms. The van der Waals surface area contributed by atoms with Crippen LogP contribution in [0.2, 0.25) is 0 Å². The van der Waals surface area contributed by atoms with E-state index in [0.717, 1.165) is 5.56 Å². The summed E-state index contributed by atoms with van der Waals surface area (Å²) in [5.74, 6) is -0.999. The lowest BCUT2D eigenvalue weighted by atomic mass is 10.1. The molecule has 1 aromatic heterocycles. The van der Waals surface area contributed by atoms with Crippen LogP contribution < -0.4 is 10.5 Å². The Labute approximate surface area is 163 Å². The summed E-state index contributed by atoms with van der Waals surface area (Å²) in [5, 5.41) is 9.17. The summed E-state index contributed by atoms with van der Waals surface area (Å²) >= 11 is 0. The van der Waals surface area contributed by atoms with E-state index in [-0.39, 0.29) is 22.7 Å². The van der Waals surface area contributed by atoms with Crippen molar-refractivity contribution in [2.45, 2.75) is 6.36 Å². The Hall–Kier alpha value is -3.93. The number of nitrogen functional groups attached to an aromatic ring is 1. The quantitative estimate of drug-likeness (QED) is 0.659. The number of anilines is 1. The van der Waals surface area contributed by atoms with Crippen LogP contribution in [-0.2, 0) is 4.74 Å². The summed E-state index contributed by atoms with van der Waals surface area (Å²) in [6.07, 6.45) is -3.32. The number of carbonyl (C=O) groups is 1. The molecule has 0 saturated carbocycles. The lowest BCUT2D eigenvalue weighted by Gasteiger charge is -2.11. The molecule has 1 heterocycles. The first kappa shape index (κ1) is 19.8. The average molecular weight is 401 g/mol. The zero-order chi connectivity index (χ0) is 21.2. The van der Waals surface area contributed by atoms with Crippen LogP contribution in [0.4, 0.5) is 18.9 Å². The molecule has 0 fully saturated rings. The zero-order valence-corrected chi connectivity index (χ0v) is 15.0. The first-order chi connectivity index (χ1) is 13.7. The normalized spacial score (nSPS) is 11.0. The number of halogens is 3. The van der Waals surface area contributed by atoms with Crippen molar-refractivity contribution in [2.24, 2.45) is 0 Å². The lowest BCUT2D eigenvalue weighted by molar-refractivity contribution is -0.274. The second-order valence-electron chi connectivity index (χ2n) is 5.90. The molecule has 0 aliphatic heterocycles. The predicted molar refractivity (Wildman–Crippen MR) is 98.4 cm³/mol. The molecule has 2 N–H and O–H groups in total. The van der Waals surface area contributed by atoms with Crippen molar-refractivity contribution in [3.8, 4) is 28.6 Å². The minimum atomic E-state index is -4.75.